The zero-order chi connectivity index (χ0) is 22.5. The molecule has 1 atom stereocenters. The highest BCUT2D eigenvalue weighted by molar-refractivity contribution is 6.46. The SMILES string of the molecule is CC(C)COc1ccc(C(O)=C2C(=O)C(=O)N(CC[NH+](C)C)[C@H]2c2cccnc2)cc1. The van der Waals surface area contributed by atoms with Gasteiger partial charge in [0.25, 0.3) is 11.7 Å². The summed E-state index contributed by atoms with van der Waals surface area (Å²) >= 11 is 0. The number of likely N-dealkylation sites (tertiary alicyclic amines) is 1. The number of hydrogen-bond donors (Lipinski definition) is 2. The van der Waals surface area contributed by atoms with Gasteiger partial charge in [0.15, 0.2) is 0 Å². The number of ketones is 1. The summed E-state index contributed by atoms with van der Waals surface area (Å²) in [7, 11) is 3.97. The molecule has 7 heteroatoms. The molecule has 2 N–H and O–H groups in total. The number of ether oxygens (including phenoxy) is 1. The van der Waals surface area contributed by atoms with Crippen molar-refractivity contribution in [3.63, 3.8) is 0 Å². The largest absolute Gasteiger partial charge is 0.507 e. The number of aliphatic hydroxyl groups excluding tert-OH is 1. The molecule has 1 saturated heterocycles. The van der Waals surface area contributed by atoms with E-state index in [2.05, 4.69) is 18.8 Å². The highest BCUT2D eigenvalue weighted by atomic mass is 16.5. The molecule has 0 spiro atoms. The van der Waals surface area contributed by atoms with Gasteiger partial charge in [0.1, 0.15) is 11.5 Å². The lowest BCUT2D eigenvalue weighted by molar-refractivity contribution is -0.857. The number of aliphatic hydroxyl groups is 1. The van der Waals surface area contributed by atoms with Gasteiger partial charge in [0.05, 0.1) is 45.4 Å². The number of Topliss-reactive ketones (excluding diaryl/α,β-unsaturated/α-hetero) is 1. The molecule has 1 aromatic carbocycles. The van der Waals surface area contributed by atoms with Gasteiger partial charge in [-0.15, -0.1) is 0 Å². The van der Waals surface area contributed by atoms with Crippen LogP contribution in [-0.2, 0) is 9.59 Å². The van der Waals surface area contributed by atoms with E-state index in [1.165, 1.54) is 4.90 Å². The molecule has 1 aliphatic heterocycles. The van der Waals surface area contributed by atoms with E-state index in [4.69, 9.17) is 4.74 Å². The van der Waals surface area contributed by atoms with E-state index in [0.717, 1.165) is 4.90 Å². The number of pyridine rings is 1. The molecule has 164 valence electrons. The van der Waals surface area contributed by atoms with Crippen molar-refractivity contribution in [2.24, 2.45) is 5.92 Å². The van der Waals surface area contributed by atoms with Crippen molar-refractivity contribution < 1.29 is 24.3 Å². The first-order valence-corrected chi connectivity index (χ1v) is 10.5. The lowest BCUT2D eigenvalue weighted by Crippen LogP contribution is -3.06. The Labute approximate surface area is 183 Å². The summed E-state index contributed by atoms with van der Waals surface area (Å²) < 4.78 is 5.69. The molecule has 1 aromatic heterocycles. The number of amides is 1. The summed E-state index contributed by atoms with van der Waals surface area (Å²) in [6.45, 7) is 5.78. The molecule has 31 heavy (non-hydrogen) atoms. The number of aromatic nitrogens is 1. The number of quaternary nitrogens is 1. The molecule has 0 unspecified atom stereocenters. The fraction of sp³-hybridized carbons (Fsp3) is 0.375. The van der Waals surface area contributed by atoms with E-state index in [0.29, 0.717) is 42.5 Å². The van der Waals surface area contributed by atoms with E-state index < -0.39 is 17.7 Å². The van der Waals surface area contributed by atoms with Crippen molar-refractivity contribution >= 4 is 17.4 Å². The number of carbonyl (C=O) groups is 2. The summed E-state index contributed by atoms with van der Waals surface area (Å²) in [5.74, 6) is -0.396. The van der Waals surface area contributed by atoms with Gasteiger partial charge in [-0.05, 0) is 41.8 Å². The maximum absolute atomic E-state index is 12.9. The Kier molecular flexibility index (Phi) is 7.07. The average molecular weight is 425 g/mol. The van der Waals surface area contributed by atoms with Crippen LogP contribution < -0.4 is 9.64 Å². The molecule has 3 rings (SSSR count). The Bertz CT molecular complexity index is 953. The van der Waals surface area contributed by atoms with Crippen molar-refractivity contribution in [3.8, 4) is 5.75 Å². The Morgan fingerprint density at radius 1 is 1.19 bits per heavy atom. The molecule has 7 nitrogen and oxygen atoms in total. The predicted octanol–water partition coefficient (Wildman–Crippen LogP) is 1.68. The highest BCUT2D eigenvalue weighted by Gasteiger charge is 2.46. The van der Waals surface area contributed by atoms with E-state index >= 15 is 0 Å². The minimum Gasteiger partial charge on any atom is -0.507 e. The summed E-state index contributed by atoms with van der Waals surface area (Å²) in [5.41, 5.74) is 1.23. The van der Waals surface area contributed by atoms with Crippen LogP contribution in [0.3, 0.4) is 0 Å². The predicted molar refractivity (Wildman–Crippen MR) is 118 cm³/mol. The van der Waals surface area contributed by atoms with Crippen LogP contribution in [0.5, 0.6) is 5.75 Å². The molecule has 2 aromatic rings. The van der Waals surface area contributed by atoms with Crippen molar-refractivity contribution in [1.29, 1.82) is 0 Å². The molecule has 1 amide bonds. The summed E-state index contributed by atoms with van der Waals surface area (Å²) in [4.78, 5) is 32.6. The smallest absolute Gasteiger partial charge is 0.295 e. The minimum absolute atomic E-state index is 0.0857. The molecular weight excluding hydrogens is 394 g/mol. The zero-order valence-corrected chi connectivity index (χ0v) is 18.5. The van der Waals surface area contributed by atoms with Crippen molar-refractivity contribution in [2.45, 2.75) is 19.9 Å². The summed E-state index contributed by atoms with van der Waals surface area (Å²) in [6.07, 6.45) is 3.26. The van der Waals surface area contributed by atoms with Gasteiger partial charge in [-0.25, -0.2) is 0 Å². The number of rotatable bonds is 8. The van der Waals surface area contributed by atoms with Crippen LogP contribution in [0.15, 0.2) is 54.4 Å². The third kappa shape index (κ3) is 5.11. The number of hydrogen-bond acceptors (Lipinski definition) is 5. The van der Waals surface area contributed by atoms with Crippen LogP contribution in [0.25, 0.3) is 5.76 Å². The fourth-order valence-corrected chi connectivity index (χ4v) is 3.47. The van der Waals surface area contributed by atoms with E-state index in [1.807, 2.05) is 20.2 Å². The van der Waals surface area contributed by atoms with E-state index in [9.17, 15) is 14.7 Å². The minimum atomic E-state index is -0.680. The number of likely N-dealkylation sites (N-methyl/N-ethyl adjacent to an activating group) is 1. The molecule has 1 aliphatic rings. The van der Waals surface area contributed by atoms with Gasteiger partial charge < -0.3 is 19.6 Å². The Morgan fingerprint density at radius 3 is 2.48 bits per heavy atom. The summed E-state index contributed by atoms with van der Waals surface area (Å²) in [5, 5.41) is 11.1. The molecule has 2 heterocycles. The quantitative estimate of drug-likeness (QED) is 0.383. The Hall–Kier alpha value is -3.19. The Balaban J connectivity index is 2.00. The third-order valence-electron chi connectivity index (χ3n) is 5.10. The van der Waals surface area contributed by atoms with Crippen LogP contribution in [0.2, 0.25) is 0 Å². The first kappa shape index (κ1) is 22.5. The number of nitrogens with zero attached hydrogens (tertiary/aromatic N) is 2. The van der Waals surface area contributed by atoms with Gasteiger partial charge in [0, 0.05) is 18.0 Å². The van der Waals surface area contributed by atoms with Crippen LogP contribution in [0.1, 0.15) is 31.0 Å². The van der Waals surface area contributed by atoms with Gasteiger partial charge in [-0.1, -0.05) is 19.9 Å². The number of benzene rings is 1. The molecule has 0 bridgehead atoms. The van der Waals surface area contributed by atoms with Crippen LogP contribution in [-0.4, -0.2) is 60.5 Å². The first-order valence-electron chi connectivity index (χ1n) is 10.5. The highest BCUT2D eigenvalue weighted by Crippen LogP contribution is 2.38. The summed E-state index contributed by atoms with van der Waals surface area (Å²) in [6, 6.07) is 9.79. The first-order chi connectivity index (χ1) is 14.8. The van der Waals surface area contributed by atoms with Gasteiger partial charge >= 0.3 is 0 Å². The van der Waals surface area contributed by atoms with E-state index in [1.54, 1.807) is 42.7 Å². The van der Waals surface area contributed by atoms with Gasteiger partial charge in [-0.3, -0.25) is 14.6 Å². The standard InChI is InChI=1S/C24H29N3O4/c1-16(2)15-31-19-9-7-17(8-10-19)22(28)20-21(18-6-5-11-25-14-18)27(13-12-26(3)4)24(30)23(20)29/h5-11,14,16,21,28H,12-13,15H2,1-4H3/p+1/t21-/m0/s1. The normalized spacial score (nSPS) is 18.3. The Morgan fingerprint density at radius 2 is 1.90 bits per heavy atom. The lowest BCUT2D eigenvalue weighted by Gasteiger charge is -2.25. The molecule has 0 aliphatic carbocycles. The van der Waals surface area contributed by atoms with Crippen molar-refractivity contribution in [1.82, 2.24) is 9.88 Å². The zero-order valence-electron chi connectivity index (χ0n) is 18.5. The molecule has 0 saturated carbocycles. The topological polar surface area (TPSA) is 84.2 Å². The van der Waals surface area contributed by atoms with Crippen LogP contribution in [0, 0.1) is 5.92 Å². The second kappa shape index (κ2) is 9.75. The van der Waals surface area contributed by atoms with Crippen molar-refractivity contribution in [2.75, 3.05) is 33.8 Å². The monoisotopic (exact) mass is 424 g/mol. The number of carbonyl (C=O) groups excluding carboxylic acids is 2. The molecule has 1 fully saturated rings. The third-order valence-corrected chi connectivity index (χ3v) is 5.10. The molecule has 0 radical (unpaired) electrons. The molecular formula is C24H30N3O4+. The second-order valence-corrected chi connectivity index (χ2v) is 8.47. The van der Waals surface area contributed by atoms with E-state index in [-0.39, 0.29) is 11.3 Å². The maximum atomic E-state index is 12.9. The lowest BCUT2D eigenvalue weighted by atomic mass is 9.96. The van der Waals surface area contributed by atoms with Gasteiger partial charge in [-0.2, -0.15) is 0 Å². The number of nitrogens with one attached hydrogen (secondary N) is 1. The second-order valence-electron chi connectivity index (χ2n) is 8.47. The van der Waals surface area contributed by atoms with Crippen LogP contribution >= 0.6 is 0 Å². The van der Waals surface area contributed by atoms with Crippen LogP contribution in [0.4, 0.5) is 0 Å². The maximum Gasteiger partial charge on any atom is 0.295 e. The average Bonchev–Trinajstić information content (AvgIpc) is 3.01. The van der Waals surface area contributed by atoms with Gasteiger partial charge in [0.2, 0.25) is 0 Å². The van der Waals surface area contributed by atoms with Crippen molar-refractivity contribution in [3.05, 3.63) is 65.5 Å². The fourth-order valence-electron chi connectivity index (χ4n) is 3.47.